The van der Waals surface area contributed by atoms with E-state index in [0.29, 0.717) is 0 Å². The summed E-state index contributed by atoms with van der Waals surface area (Å²) in [6, 6.07) is 23.8. The molecule has 3 atom stereocenters. The number of phenolic OH excluding ortho intramolecular Hbond substituents is 1. The fourth-order valence-corrected chi connectivity index (χ4v) is 5.83. The standard InChI is InChI=1S/C27H29NO3S/c29-21-11-7-20(8-12-21)26-25(23-5-1-2-6-24(23)31-27(26)30)19-9-13-22(14-10-19)32-18-17-28-15-3-4-16-28/h1-2,5-14,25-27,29-30H,3-4,15-18H2. The maximum Gasteiger partial charge on any atom is 0.205 e. The second kappa shape index (κ2) is 9.57. The Kier molecular flexibility index (Phi) is 6.39. The molecular formula is C27H29NO3S. The molecule has 2 heterocycles. The zero-order chi connectivity index (χ0) is 21.9. The Morgan fingerprint density at radius 3 is 2.31 bits per heavy atom. The van der Waals surface area contributed by atoms with Crippen molar-refractivity contribution in [3.05, 3.63) is 89.5 Å². The lowest BCUT2D eigenvalue weighted by Crippen LogP contribution is -2.34. The molecule has 0 aromatic heterocycles. The van der Waals surface area contributed by atoms with Gasteiger partial charge in [0.1, 0.15) is 11.5 Å². The zero-order valence-corrected chi connectivity index (χ0v) is 18.9. The highest BCUT2D eigenvalue weighted by Crippen LogP contribution is 2.48. The van der Waals surface area contributed by atoms with E-state index in [1.165, 1.54) is 30.8 Å². The van der Waals surface area contributed by atoms with Crippen molar-refractivity contribution in [2.45, 2.75) is 35.9 Å². The molecule has 5 heteroatoms. The molecule has 0 aliphatic carbocycles. The normalized spacial score (nSPS) is 23.0. The summed E-state index contributed by atoms with van der Waals surface area (Å²) in [5.74, 6) is 1.74. The van der Waals surface area contributed by atoms with Gasteiger partial charge in [0.05, 0.1) is 5.92 Å². The average molecular weight is 448 g/mol. The molecule has 166 valence electrons. The molecule has 3 aromatic carbocycles. The Morgan fingerprint density at radius 1 is 0.875 bits per heavy atom. The van der Waals surface area contributed by atoms with Crippen molar-refractivity contribution in [3.8, 4) is 11.5 Å². The predicted molar refractivity (Wildman–Crippen MR) is 129 cm³/mol. The van der Waals surface area contributed by atoms with Gasteiger partial charge in [0.2, 0.25) is 6.29 Å². The number of thioether (sulfide) groups is 1. The third-order valence-corrected chi connectivity index (χ3v) is 7.55. The first kappa shape index (κ1) is 21.4. The number of hydrogen-bond acceptors (Lipinski definition) is 5. The molecule has 0 spiro atoms. The van der Waals surface area contributed by atoms with E-state index in [0.717, 1.165) is 34.7 Å². The SMILES string of the molecule is Oc1ccc(C2C(O)Oc3ccccc3C2c2ccc(SCCN3CCCC3)cc2)cc1. The van der Waals surface area contributed by atoms with E-state index in [-0.39, 0.29) is 17.6 Å². The highest BCUT2D eigenvalue weighted by molar-refractivity contribution is 7.99. The van der Waals surface area contributed by atoms with Gasteiger partial charge in [-0.15, -0.1) is 11.8 Å². The fourth-order valence-electron chi connectivity index (χ4n) is 4.92. The van der Waals surface area contributed by atoms with Crippen LogP contribution in [0.5, 0.6) is 11.5 Å². The lowest BCUT2D eigenvalue weighted by molar-refractivity contribution is -0.0531. The molecule has 3 aromatic rings. The van der Waals surface area contributed by atoms with E-state index >= 15 is 0 Å². The summed E-state index contributed by atoms with van der Waals surface area (Å²) < 4.78 is 5.89. The van der Waals surface area contributed by atoms with Crippen molar-refractivity contribution in [1.82, 2.24) is 4.90 Å². The van der Waals surface area contributed by atoms with Crippen LogP contribution in [0, 0.1) is 0 Å². The van der Waals surface area contributed by atoms with Crippen LogP contribution >= 0.6 is 11.8 Å². The molecular weight excluding hydrogens is 418 g/mol. The van der Waals surface area contributed by atoms with Gasteiger partial charge in [0.25, 0.3) is 0 Å². The van der Waals surface area contributed by atoms with E-state index in [4.69, 9.17) is 4.74 Å². The highest BCUT2D eigenvalue weighted by atomic mass is 32.2. The van der Waals surface area contributed by atoms with Gasteiger partial charge in [-0.2, -0.15) is 0 Å². The number of aromatic hydroxyl groups is 1. The number of aliphatic hydroxyl groups excluding tert-OH is 1. The van der Waals surface area contributed by atoms with Crippen molar-refractivity contribution >= 4 is 11.8 Å². The molecule has 1 saturated heterocycles. The van der Waals surface area contributed by atoms with Crippen LogP contribution in [-0.4, -0.2) is 46.8 Å². The Bertz CT molecular complexity index is 1030. The van der Waals surface area contributed by atoms with Crippen molar-refractivity contribution in [1.29, 1.82) is 0 Å². The van der Waals surface area contributed by atoms with E-state index in [9.17, 15) is 10.2 Å². The van der Waals surface area contributed by atoms with E-state index in [2.05, 4.69) is 35.2 Å². The van der Waals surface area contributed by atoms with Crippen LogP contribution in [0.1, 0.15) is 41.4 Å². The van der Waals surface area contributed by atoms with Gasteiger partial charge in [0.15, 0.2) is 0 Å². The van der Waals surface area contributed by atoms with Crippen molar-refractivity contribution in [2.75, 3.05) is 25.4 Å². The quantitative estimate of drug-likeness (QED) is 0.508. The number of rotatable bonds is 6. The number of likely N-dealkylation sites (tertiary alicyclic amines) is 1. The van der Waals surface area contributed by atoms with Gasteiger partial charge in [-0.05, 0) is 67.4 Å². The number of nitrogens with zero attached hydrogens (tertiary/aromatic N) is 1. The number of ether oxygens (including phenoxy) is 1. The van der Waals surface area contributed by atoms with Gasteiger partial charge in [0, 0.05) is 28.7 Å². The summed E-state index contributed by atoms with van der Waals surface area (Å²) in [6.07, 6.45) is 1.70. The van der Waals surface area contributed by atoms with Crippen molar-refractivity contribution < 1.29 is 14.9 Å². The van der Waals surface area contributed by atoms with Gasteiger partial charge in [-0.1, -0.05) is 42.5 Å². The minimum Gasteiger partial charge on any atom is -0.508 e. The molecule has 2 aliphatic rings. The first-order valence-corrected chi connectivity index (χ1v) is 12.4. The maximum atomic E-state index is 11.0. The summed E-state index contributed by atoms with van der Waals surface area (Å²) in [5.41, 5.74) is 3.17. The maximum absolute atomic E-state index is 11.0. The second-order valence-electron chi connectivity index (χ2n) is 8.61. The molecule has 3 unspecified atom stereocenters. The molecule has 2 N–H and O–H groups in total. The smallest absolute Gasteiger partial charge is 0.205 e. The summed E-state index contributed by atoms with van der Waals surface area (Å²) >= 11 is 1.90. The van der Waals surface area contributed by atoms with Crippen LogP contribution in [0.25, 0.3) is 0 Å². The molecule has 4 nitrogen and oxygen atoms in total. The number of aliphatic hydroxyl groups is 1. The van der Waals surface area contributed by atoms with E-state index < -0.39 is 6.29 Å². The van der Waals surface area contributed by atoms with Crippen LogP contribution in [-0.2, 0) is 0 Å². The van der Waals surface area contributed by atoms with Gasteiger partial charge >= 0.3 is 0 Å². The topological polar surface area (TPSA) is 52.9 Å². The first-order chi connectivity index (χ1) is 15.7. The Balaban J connectivity index is 1.41. The molecule has 0 amide bonds. The average Bonchev–Trinajstić information content (AvgIpc) is 3.33. The van der Waals surface area contributed by atoms with Crippen molar-refractivity contribution in [3.63, 3.8) is 0 Å². The monoisotopic (exact) mass is 447 g/mol. The molecule has 0 saturated carbocycles. The number of hydrogen-bond donors (Lipinski definition) is 2. The van der Waals surface area contributed by atoms with Gasteiger partial charge < -0.3 is 19.8 Å². The zero-order valence-electron chi connectivity index (χ0n) is 18.1. The number of phenols is 1. The Labute approximate surface area is 193 Å². The van der Waals surface area contributed by atoms with E-state index in [1.54, 1.807) is 12.1 Å². The van der Waals surface area contributed by atoms with Crippen LogP contribution in [0.15, 0.2) is 77.7 Å². The molecule has 5 rings (SSSR count). The minimum atomic E-state index is -0.964. The van der Waals surface area contributed by atoms with Crippen molar-refractivity contribution in [2.24, 2.45) is 0 Å². The van der Waals surface area contributed by atoms with Gasteiger partial charge in [-0.25, -0.2) is 0 Å². The third kappa shape index (κ3) is 4.51. The minimum absolute atomic E-state index is 0.0388. The number of benzene rings is 3. The first-order valence-electron chi connectivity index (χ1n) is 11.4. The summed E-state index contributed by atoms with van der Waals surface area (Å²) in [5, 5.41) is 20.7. The van der Waals surface area contributed by atoms with Crippen LogP contribution in [0.4, 0.5) is 0 Å². The predicted octanol–water partition coefficient (Wildman–Crippen LogP) is 5.21. The lowest BCUT2D eigenvalue weighted by Gasteiger charge is -2.38. The largest absolute Gasteiger partial charge is 0.508 e. The van der Waals surface area contributed by atoms with Gasteiger partial charge in [-0.3, -0.25) is 0 Å². The second-order valence-corrected chi connectivity index (χ2v) is 9.78. The number of para-hydroxylation sites is 1. The molecule has 32 heavy (non-hydrogen) atoms. The van der Waals surface area contributed by atoms with E-state index in [1.807, 2.05) is 42.1 Å². The molecule has 0 radical (unpaired) electrons. The van der Waals surface area contributed by atoms with Crippen LogP contribution in [0.3, 0.4) is 0 Å². The molecule has 1 fully saturated rings. The Hall–Kier alpha value is -2.47. The highest BCUT2D eigenvalue weighted by Gasteiger charge is 2.39. The van der Waals surface area contributed by atoms with Crippen LogP contribution in [0.2, 0.25) is 0 Å². The summed E-state index contributed by atoms with van der Waals surface area (Å²) in [7, 11) is 0. The lowest BCUT2D eigenvalue weighted by atomic mass is 9.75. The summed E-state index contributed by atoms with van der Waals surface area (Å²) in [6.45, 7) is 3.63. The fraction of sp³-hybridized carbons (Fsp3) is 0.333. The number of fused-ring (bicyclic) bond motifs is 1. The summed E-state index contributed by atoms with van der Waals surface area (Å²) in [4.78, 5) is 3.82. The van der Waals surface area contributed by atoms with Crippen LogP contribution < -0.4 is 4.74 Å². The molecule has 0 bridgehead atoms. The Morgan fingerprint density at radius 2 is 1.56 bits per heavy atom. The third-order valence-electron chi connectivity index (χ3n) is 6.56. The molecule has 2 aliphatic heterocycles.